The summed E-state index contributed by atoms with van der Waals surface area (Å²) in [6.07, 6.45) is 3.92. The number of nitrogens with one attached hydrogen (secondary N) is 1. The number of nitrogens with zero attached hydrogens (tertiary/aromatic N) is 1. The molecule has 1 atom stereocenters. The van der Waals surface area contributed by atoms with E-state index in [4.69, 9.17) is 0 Å². The van der Waals surface area contributed by atoms with Crippen molar-refractivity contribution >= 4 is 10.8 Å². The Kier molecular flexibility index (Phi) is 4.76. The van der Waals surface area contributed by atoms with Crippen LogP contribution in [0.2, 0.25) is 0 Å². The van der Waals surface area contributed by atoms with Crippen molar-refractivity contribution in [2.45, 2.75) is 18.9 Å². The smallest absolute Gasteiger partial charge is 0.121 e. The molecule has 1 aliphatic rings. The molecule has 116 valence electrons. The second-order valence-electron chi connectivity index (χ2n) is 5.89. The van der Waals surface area contributed by atoms with Crippen molar-refractivity contribution < 1.29 is 5.11 Å². The van der Waals surface area contributed by atoms with Gasteiger partial charge in [-0.3, -0.25) is 4.90 Å². The van der Waals surface area contributed by atoms with Crippen LogP contribution >= 0.6 is 0 Å². The average Bonchev–Trinajstić information content (AvgIpc) is 2.58. The normalized spacial score (nSPS) is 17.5. The van der Waals surface area contributed by atoms with E-state index in [0.29, 0.717) is 5.75 Å². The summed E-state index contributed by atoms with van der Waals surface area (Å²) in [7, 11) is 0. The summed E-state index contributed by atoms with van der Waals surface area (Å²) in [5.74, 6) is 0.409. The van der Waals surface area contributed by atoms with E-state index in [9.17, 15) is 5.11 Å². The van der Waals surface area contributed by atoms with E-state index >= 15 is 0 Å². The van der Waals surface area contributed by atoms with E-state index in [-0.39, 0.29) is 6.04 Å². The minimum Gasteiger partial charge on any atom is -0.508 e. The van der Waals surface area contributed by atoms with Crippen LogP contribution in [-0.2, 0) is 0 Å². The van der Waals surface area contributed by atoms with Crippen molar-refractivity contribution in [3.63, 3.8) is 0 Å². The van der Waals surface area contributed by atoms with Gasteiger partial charge in [-0.15, -0.1) is 6.58 Å². The highest BCUT2D eigenvalue weighted by Crippen LogP contribution is 2.37. The van der Waals surface area contributed by atoms with Gasteiger partial charge in [0.1, 0.15) is 5.75 Å². The molecule has 0 saturated carbocycles. The molecule has 1 aliphatic heterocycles. The van der Waals surface area contributed by atoms with Crippen LogP contribution in [-0.4, -0.2) is 36.2 Å². The molecule has 0 unspecified atom stereocenters. The number of aromatic hydroxyl groups is 1. The predicted octanol–water partition coefficient (Wildman–Crippen LogP) is 3.46. The quantitative estimate of drug-likeness (QED) is 0.830. The standard InChI is InChI=1S/C19H24N2O/c1-2-3-8-17(21-13-11-20-12-14-21)19-16-7-5-4-6-15(16)9-10-18(19)22/h2,4-7,9-10,17,20,22H,1,3,8,11-14H2/t17-/m1/s1. The topological polar surface area (TPSA) is 35.5 Å². The summed E-state index contributed by atoms with van der Waals surface area (Å²) in [6.45, 7) is 7.92. The number of piperazine rings is 1. The van der Waals surface area contributed by atoms with Crippen LogP contribution in [0.4, 0.5) is 0 Å². The van der Waals surface area contributed by atoms with Gasteiger partial charge in [0.15, 0.2) is 0 Å². The molecule has 0 amide bonds. The number of fused-ring (bicyclic) bond motifs is 1. The van der Waals surface area contributed by atoms with Gasteiger partial charge in [0, 0.05) is 37.8 Å². The maximum absolute atomic E-state index is 10.5. The monoisotopic (exact) mass is 296 g/mol. The number of phenolic OH excluding ortho intramolecular Hbond substituents is 1. The molecule has 0 aliphatic carbocycles. The van der Waals surface area contributed by atoms with Crippen LogP contribution < -0.4 is 5.32 Å². The molecule has 3 heteroatoms. The molecule has 0 aromatic heterocycles. The second kappa shape index (κ2) is 6.95. The number of benzene rings is 2. The Bertz CT molecular complexity index is 647. The molecular formula is C19H24N2O. The molecule has 1 fully saturated rings. The third kappa shape index (κ3) is 3.01. The molecule has 0 radical (unpaired) electrons. The Morgan fingerprint density at radius 3 is 2.73 bits per heavy atom. The Balaban J connectivity index is 2.05. The molecule has 0 bridgehead atoms. The summed E-state index contributed by atoms with van der Waals surface area (Å²) < 4.78 is 0. The van der Waals surface area contributed by atoms with E-state index in [1.807, 2.05) is 30.3 Å². The fraction of sp³-hybridized carbons (Fsp3) is 0.368. The van der Waals surface area contributed by atoms with Crippen LogP contribution in [0.5, 0.6) is 5.75 Å². The van der Waals surface area contributed by atoms with Crippen molar-refractivity contribution in [2.75, 3.05) is 26.2 Å². The Morgan fingerprint density at radius 2 is 1.95 bits per heavy atom. The molecule has 2 N–H and O–H groups in total. The highest BCUT2D eigenvalue weighted by Gasteiger charge is 2.25. The lowest BCUT2D eigenvalue weighted by molar-refractivity contribution is 0.165. The van der Waals surface area contributed by atoms with E-state index in [1.54, 1.807) is 0 Å². The van der Waals surface area contributed by atoms with Gasteiger partial charge in [-0.25, -0.2) is 0 Å². The van der Waals surface area contributed by atoms with Crippen LogP contribution in [0.15, 0.2) is 49.1 Å². The van der Waals surface area contributed by atoms with E-state index < -0.39 is 0 Å². The van der Waals surface area contributed by atoms with Crippen molar-refractivity contribution in [1.82, 2.24) is 10.2 Å². The minimum atomic E-state index is 0.242. The number of hydrogen-bond acceptors (Lipinski definition) is 3. The lowest BCUT2D eigenvalue weighted by Crippen LogP contribution is -2.45. The van der Waals surface area contributed by atoms with Crippen LogP contribution in [0, 0.1) is 0 Å². The van der Waals surface area contributed by atoms with Gasteiger partial charge in [-0.05, 0) is 29.7 Å². The lowest BCUT2D eigenvalue weighted by atomic mass is 9.93. The summed E-state index contributed by atoms with van der Waals surface area (Å²) >= 11 is 0. The number of hydrogen-bond donors (Lipinski definition) is 2. The largest absolute Gasteiger partial charge is 0.508 e. The molecule has 1 heterocycles. The molecule has 3 rings (SSSR count). The van der Waals surface area contributed by atoms with Gasteiger partial charge in [0.2, 0.25) is 0 Å². The van der Waals surface area contributed by atoms with Gasteiger partial charge in [-0.1, -0.05) is 36.4 Å². The zero-order chi connectivity index (χ0) is 15.4. The van der Waals surface area contributed by atoms with Gasteiger partial charge in [0.25, 0.3) is 0 Å². The zero-order valence-corrected chi connectivity index (χ0v) is 13.0. The fourth-order valence-corrected chi connectivity index (χ4v) is 3.41. The number of phenols is 1. The number of rotatable bonds is 5. The van der Waals surface area contributed by atoms with Gasteiger partial charge in [-0.2, -0.15) is 0 Å². The second-order valence-corrected chi connectivity index (χ2v) is 5.89. The minimum absolute atomic E-state index is 0.242. The molecule has 0 spiro atoms. The van der Waals surface area contributed by atoms with Crippen molar-refractivity contribution in [1.29, 1.82) is 0 Å². The SMILES string of the molecule is C=CCC[C@H](c1c(O)ccc2ccccc12)N1CCNCC1. The third-order valence-electron chi connectivity index (χ3n) is 4.52. The zero-order valence-electron chi connectivity index (χ0n) is 13.0. The molecule has 2 aromatic rings. The average molecular weight is 296 g/mol. The van der Waals surface area contributed by atoms with Crippen molar-refractivity contribution in [2.24, 2.45) is 0 Å². The first-order valence-electron chi connectivity index (χ1n) is 8.07. The van der Waals surface area contributed by atoms with Crippen molar-refractivity contribution in [3.05, 3.63) is 54.6 Å². The summed E-state index contributed by atoms with van der Waals surface area (Å²) in [4.78, 5) is 2.49. The molecule has 1 saturated heterocycles. The molecule has 3 nitrogen and oxygen atoms in total. The third-order valence-corrected chi connectivity index (χ3v) is 4.52. The van der Waals surface area contributed by atoms with Crippen LogP contribution in [0.25, 0.3) is 10.8 Å². The molecular weight excluding hydrogens is 272 g/mol. The Morgan fingerprint density at radius 1 is 1.18 bits per heavy atom. The lowest BCUT2D eigenvalue weighted by Gasteiger charge is -2.36. The van der Waals surface area contributed by atoms with E-state index in [1.165, 1.54) is 5.39 Å². The van der Waals surface area contributed by atoms with Crippen molar-refractivity contribution in [3.8, 4) is 5.75 Å². The van der Waals surface area contributed by atoms with E-state index in [2.05, 4.69) is 28.9 Å². The van der Waals surface area contributed by atoms with Gasteiger partial charge < -0.3 is 10.4 Å². The van der Waals surface area contributed by atoms with Crippen LogP contribution in [0.1, 0.15) is 24.4 Å². The Labute approximate surface area is 132 Å². The molecule has 22 heavy (non-hydrogen) atoms. The number of allylic oxidation sites excluding steroid dienone is 1. The Hall–Kier alpha value is -1.84. The first-order chi connectivity index (χ1) is 10.8. The fourth-order valence-electron chi connectivity index (χ4n) is 3.41. The maximum Gasteiger partial charge on any atom is 0.121 e. The van der Waals surface area contributed by atoms with E-state index in [0.717, 1.165) is 50.0 Å². The van der Waals surface area contributed by atoms with Gasteiger partial charge >= 0.3 is 0 Å². The maximum atomic E-state index is 10.5. The predicted molar refractivity (Wildman–Crippen MR) is 92.2 cm³/mol. The van der Waals surface area contributed by atoms with Gasteiger partial charge in [0.05, 0.1) is 0 Å². The summed E-state index contributed by atoms with van der Waals surface area (Å²) in [5.41, 5.74) is 1.07. The molecule has 2 aromatic carbocycles. The highest BCUT2D eigenvalue weighted by atomic mass is 16.3. The first-order valence-corrected chi connectivity index (χ1v) is 8.07. The highest BCUT2D eigenvalue weighted by molar-refractivity contribution is 5.88. The first kappa shape index (κ1) is 15.1. The summed E-state index contributed by atoms with van der Waals surface area (Å²) in [6, 6.07) is 12.4. The van der Waals surface area contributed by atoms with Crippen LogP contribution in [0.3, 0.4) is 0 Å². The summed E-state index contributed by atoms with van der Waals surface area (Å²) in [5, 5.41) is 16.3.